The van der Waals surface area contributed by atoms with Crippen LogP contribution >= 0.6 is 0 Å². The lowest BCUT2D eigenvalue weighted by molar-refractivity contribution is -0.913. The third kappa shape index (κ3) is 25.9. The van der Waals surface area contributed by atoms with E-state index in [0.29, 0.717) is 37.3 Å². The van der Waals surface area contributed by atoms with Gasteiger partial charge in [0.05, 0.1) is 33.5 Å². The molecule has 0 aliphatic rings. The minimum Gasteiger partial charge on any atom is -0.726 e. The predicted octanol–water partition coefficient (Wildman–Crippen LogP) is 2.20. The summed E-state index contributed by atoms with van der Waals surface area (Å²) in [6, 6.07) is 0. The zero-order valence-corrected chi connectivity index (χ0v) is 21.4. The van der Waals surface area contributed by atoms with E-state index in [-0.39, 0.29) is 19.8 Å². The average Bonchev–Trinajstić information content (AvgIpc) is 2.68. The van der Waals surface area contributed by atoms with Crippen LogP contribution in [-0.2, 0) is 19.3 Å². The topological polar surface area (TPSA) is 136 Å². The van der Waals surface area contributed by atoms with Crippen molar-refractivity contribution >= 4 is 10.4 Å². The predicted molar refractivity (Wildman–Crippen MR) is 125 cm³/mol. The Hall–Kier alpha value is -0.330. The number of quaternary nitrogens is 1. The maximum absolute atomic E-state index is 10.1. The Morgan fingerprint density at radius 1 is 0.875 bits per heavy atom. The largest absolute Gasteiger partial charge is 0.726 e. The van der Waals surface area contributed by atoms with Gasteiger partial charge in [-0.2, -0.15) is 0 Å². The molecule has 0 saturated carbocycles. The van der Waals surface area contributed by atoms with Crippen molar-refractivity contribution in [2.45, 2.75) is 84.2 Å². The average molecular weight is 488 g/mol. The number of likely N-dealkylation sites (N-methyl/N-ethyl adjacent to an activating group) is 1. The molecule has 0 heterocycles. The molecule has 0 saturated heterocycles. The second-order valence-electron chi connectivity index (χ2n) is 8.42. The summed E-state index contributed by atoms with van der Waals surface area (Å²) in [5.41, 5.74) is 0. The molecule has 196 valence electrons. The van der Waals surface area contributed by atoms with Gasteiger partial charge < -0.3 is 29.1 Å². The highest BCUT2D eigenvalue weighted by molar-refractivity contribution is 7.80. The molecule has 0 radical (unpaired) electrons. The van der Waals surface area contributed by atoms with Crippen LogP contribution in [0.15, 0.2) is 0 Å². The Labute approximate surface area is 196 Å². The molecule has 0 aromatic carbocycles. The molecule has 1 atom stereocenters. The van der Waals surface area contributed by atoms with Crippen molar-refractivity contribution in [1.29, 1.82) is 0 Å². The number of hydrogen-bond donors (Lipinski definition) is 3. The van der Waals surface area contributed by atoms with Crippen molar-refractivity contribution < 1.29 is 41.7 Å². The normalized spacial score (nSPS) is 13.0. The SMILES string of the molecule is CCCCCCCCCCCCOCC(O)C[N+](C)(CCO)CCO.CCOS(=O)(=O)[O-]. The van der Waals surface area contributed by atoms with E-state index < -0.39 is 16.5 Å². The molecular weight excluding hydrogens is 438 g/mol. The number of hydrogen-bond acceptors (Lipinski definition) is 8. The second-order valence-corrected chi connectivity index (χ2v) is 9.47. The molecule has 32 heavy (non-hydrogen) atoms. The molecule has 3 N–H and O–H groups in total. The number of unbranched alkanes of at least 4 members (excludes halogenated alkanes) is 9. The first kappa shape index (κ1) is 33.8. The molecule has 0 bridgehead atoms. The highest BCUT2D eigenvalue weighted by atomic mass is 32.3. The van der Waals surface area contributed by atoms with E-state index in [4.69, 9.17) is 14.9 Å². The summed E-state index contributed by atoms with van der Waals surface area (Å²) >= 11 is 0. The van der Waals surface area contributed by atoms with Gasteiger partial charge >= 0.3 is 0 Å². The maximum atomic E-state index is 10.1. The second kappa shape index (κ2) is 22.5. The quantitative estimate of drug-likeness (QED) is 0.0970. The fraction of sp³-hybridized carbons (Fsp3) is 1.00. The van der Waals surface area contributed by atoms with Crippen LogP contribution < -0.4 is 0 Å². The molecule has 0 fully saturated rings. The molecule has 0 aliphatic heterocycles. The van der Waals surface area contributed by atoms with Gasteiger partial charge in [-0.1, -0.05) is 64.7 Å². The number of aliphatic hydroxyl groups is 3. The Kier molecular flexibility index (Phi) is 23.8. The first-order valence-corrected chi connectivity index (χ1v) is 13.4. The van der Waals surface area contributed by atoms with Gasteiger partial charge in [-0.3, -0.25) is 4.18 Å². The first-order chi connectivity index (χ1) is 15.1. The highest BCUT2D eigenvalue weighted by Gasteiger charge is 2.24. The van der Waals surface area contributed by atoms with E-state index in [2.05, 4.69) is 11.1 Å². The molecule has 0 spiro atoms. The van der Waals surface area contributed by atoms with E-state index in [1.54, 1.807) is 0 Å². The molecule has 1 unspecified atom stereocenters. The van der Waals surface area contributed by atoms with Gasteiger partial charge in [0.1, 0.15) is 25.7 Å². The van der Waals surface area contributed by atoms with E-state index >= 15 is 0 Å². The van der Waals surface area contributed by atoms with Gasteiger partial charge in [0.25, 0.3) is 0 Å². The molecule has 10 heteroatoms. The molecule has 0 rings (SSSR count). The van der Waals surface area contributed by atoms with Crippen LogP contribution in [0.2, 0.25) is 0 Å². The first-order valence-electron chi connectivity index (χ1n) is 12.0. The summed E-state index contributed by atoms with van der Waals surface area (Å²) < 4.78 is 38.1. The molecule has 0 aliphatic carbocycles. The van der Waals surface area contributed by atoms with Crippen molar-refractivity contribution in [1.82, 2.24) is 0 Å². The minimum atomic E-state index is -4.42. The number of aliphatic hydroxyl groups excluding tert-OH is 3. The smallest absolute Gasteiger partial charge is 0.217 e. The summed E-state index contributed by atoms with van der Waals surface area (Å²) in [4.78, 5) is 0. The van der Waals surface area contributed by atoms with Crippen LogP contribution in [0.4, 0.5) is 0 Å². The lowest BCUT2D eigenvalue weighted by Crippen LogP contribution is -2.52. The lowest BCUT2D eigenvalue weighted by atomic mass is 10.1. The van der Waals surface area contributed by atoms with Gasteiger partial charge in [-0.25, -0.2) is 8.42 Å². The van der Waals surface area contributed by atoms with Gasteiger partial charge in [0.15, 0.2) is 0 Å². The van der Waals surface area contributed by atoms with E-state index in [1.807, 2.05) is 7.05 Å². The van der Waals surface area contributed by atoms with Crippen LogP contribution in [0.5, 0.6) is 0 Å². The number of ether oxygens (including phenoxy) is 1. The van der Waals surface area contributed by atoms with Crippen molar-refractivity contribution in [3.8, 4) is 0 Å². The van der Waals surface area contributed by atoms with Gasteiger partial charge in [0.2, 0.25) is 10.4 Å². The van der Waals surface area contributed by atoms with Crippen molar-refractivity contribution in [2.75, 3.05) is 59.7 Å². The Balaban J connectivity index is 0. The molecule has 0 aromatic rings. The van der Waals surface area contributed by atoms with Gasteiger partial charge in [-0.05, 0) is 13.3 Å². The zero-order valence-electron chi connectivity index (χ0n) is 20.5. The zero-order chi connectivity index (χ0) is 24.7. The fourth-order valence-electron chi connectivity index (χ4n) is 3.39. The number of nitrogens with zero attached hydrogens (tertiary/aromatic N) is 1. The van der Waals surface area contributed by atoms with E-state index in [9.17, 15) is 18.1 Å². The summed E-state index contributed by atoms with van der Waals surface area (Å²) in [6.45, 7) is 6.32. The Morgan fingerprint density at radius 3 is 1.72 bits per heavy atom. The fourth-order valence-corrected chi connectivity index (χ4v) is 3.68. The standard InChI is InChI=1S/C20H44NO4.C2H6O4S/c1-3-4-5-6-7-8-9-10-11-12-17-25-19-20(24)18-21(2,13-15-22)14-16-23;1-2-6-7(3,4)5/h20,22-24H,3-19H2,1-2H3;2H2,1H3,(H,3,4,5)/q+1;/p-1. The van der Waals surface area contributed by atoms with Crippen molar-refractivity contribution in [2.24, 2.45) is 0 Å². The summed E-state index contributed by atoms with van der Waals surface area (Å²) in [7, 11) is -2.48. The lowest BCUT2D eigenvalue weighted by Gasteiger charge is -2.35. The van der Waals surface area contributed by atoms with Gasteiger partial charge in [0, 0.05) is 6.61 Å². The summed E-state index contributed by atoms with van der Waals surface area (Å²) in [6.07, 6.45) is 12.5. The molecule has 0 amide bonds. The molecular formula is C22H49NO8S. The maximum Gasteiger partial charge on any atom is 0.217 e. The van der Waals surface area contributed by atoms with Crippen LogP contribution in [0, 0.1) is 0 Å². The third-order valence-corrected chi connectivity index (χ3v) is 5.67. The van der Waals surface area contributed by atoms with Crippen molar-refractivity contribution in [3.63, 3.8) is 0 Å². The monoisotopic (exact) mass is 487 g/mol. The molecule has 9 nitrogen and oxygen atoms in total. The van der Waals surface area contributed by atoms with E-state index in [1.165, 1.54) is 64.7 Å². The van der Waals surface area contributed by atoms with E-state index in [0.717, 1.165) is 6.42 Å². The van der Waals surface area contributed by atoms with Crippen LogP contribution in [0.3, 0.4) is 0 Å². The van der Waals surface area contributed by atoms with Gasteiger partial charge in [-0.15, -0.1) is 0 Å². The molecule has 0 aromatic heterocycles. The van der Waals surface area contributed by atoms with Crippen LogP contribution in [-0.4, -0.2) is 98.6 Å². The third-order valence-electron chi connectivity index (χ3n) is 5.15. The summed E-state index contributed by atoms with van der Waals surface area (Å²) in [5.74, 6) is 0. The summed E-state index contributed by atoms with van der Waals surface area (Å²) in [5, 5.41) is 28.3. The number of rotatable bonds is 21. The highest BCUT2D eigenvalue weighted by Crippen LogP contribution is 2.10. The van der Waals surface area contributed by atoms with Crippen LogP contribution in [0.25, 0.3) is 0 Å². The van der Waals surface area contributed by atoms with Crippen molar-refractivity contribution in [3.05, 3.63) is 0 Å². The minimum absolute atomic E-state index is 0.0582. The Bertz CT molecular complexity index is 484. The Morgan fingerprint density at radius 2 is 1.34 bits per heavy atom. The van der Waals surface area contributed by atoms with Crippen LogP contribution in [0.1, 0.15) is 78.1 Å².